The molecule has 0 bridgehead atoms. The molecule has 0 unspecified atom stereocenters. The second-order valence-electron chi connectivity index (χ2n) is 14.0. The van der Waals surface area contributed by atoms with Crippen LogP contribution in [0.5, 0.6) is 0 Å². The fraction of sp³-hybridized carbons (Fsp3) is 0. The Balaban J connectivity index is 1.23. The first-order valence-corrected chi connectivity index (χ1v) is 18.2. The first kappa shape index (κ1) is 30.7. The summed E-state index contributed by atoms with van der Waals surface area (Å²) in [4.78, 5) is 0. The molecular formula is C50H28N4O. The minimum atomic E-state index is 0.552. The molecule has 0 saturated heterocycles. The van der Waals surface area contributed by atoms with Gasteiger partial charge >= 0.3 is 0 Å². The van der Waals surface area contributed by atoms with Crippen LogP contribution in [0.2, 0.25) is 0 Å². The highest BCUT2D eigenvalue weighted by molar-refractivity contribution is 6.24. The molecule has 0 spiro atoms. The monoisotopic (exact) mass is 700 g/mol. The summed E-state index contributed by atoms with van der Waals surface area (Å²) in [6.45, 7) is 0. The molecule has 0 aliphatic carbocycles. The highest BCUT2D eigenvalue weighted by Gasteiger charge is 2.21. The topological polar surface area (TPSA) is 70.6 Å². The van der Waals surface area contributed by atoms with Crippen molar-refractivity contribution in [3.8, 4) is 45.8 Å². The molecule has 3 heterocycles. The Bertz CT molecular complexity index is 3420. The SMILES string of the molecule is N#Cc1cccc(-c2ccc(-c3cc(-n4c5ccccc5c5ccccc54)cc(-n4c5ccccc5c5c6oc7ccccc7c6ccc54)c3)c(C#N)c2)c1. The zero-order chi connectivity index (χ0) is 36.6. The summed E-state index contributed by atoms with van der Waals surface area (Å²) in [7, 11) is 0. The van der Waals surface area contributed by atoms with Crippen LogP contribution in [0, 0.1) is 22.7 Å². The number of aromatic nitrogens is 2. The van der Waals surface area contributed by atoms with Gasteiger partial charge in [0, 0.05) is 38.3 Å². The Morgan fingerprint density at radius 3 is 1.75 bits per heavy atom. The normalized spacial score (nSPS) is 11.6. The minimum absolute atomic E-state index is 0.552. The average molecular weight is 701 g/mol. The maximum Gasteiger partial charge on any atom is 0.145 e. The van der Waals surface area contributed by atoms with Gasteiger partial charge in [-0.1, -0.05) is 97.1 Å². The van der Waals surface area contributed by atoms with Gasteiger partial charge in [0.2, 0.25) is 0 Å². The smallest absolute Gasteiger partial charge is 0.145 e. The highest BCUT2D eigenvalue weighted by atomic mass is 16.3. The lowest BCUT2D eigenvalue weighted by Gasteiger charge is -2.17. The lowest BCUT2D eigenvalue weighted by molar-refractivity contribution is 0.673. The first-order chi connectivity index (χ1) is 27.2. The number of para-hydroxylation sites is 4. The van der Waals surface area contributed by atoms with Crippen LogP contribution in [0.1, 0.15) is 11.1 Å². The standard InChI is InChI=1S/C50H28N4O/c51-29-31-10-9-11-32(24-31)33-20-21-38(35(25-33)30-52)34-26-36(53-44-16-5-1-12-39(44)40-13-2-6-17-45(40)53)28-37(27-34)54-46-18-7-3-15-43(46)49-47(54)23-22-42-41-14-4-8-19-48(41)55-50(42)49/h1-28H. The zero-order valence-corrected chi connectivity index (χ0v) is 29.4. The van der Waals surface area contributed by atoms with Crippen molar-refractivity contribution < 1.29 is 4.42 Å². The molecule has 8 aromatic carbocycles. The van der Waals surface area contributed by atoms with Gasteiger partial charge in [0.05, 0.1) is 50.7 Å². The van der Waals surface area contributed by atoms with Gasteiger partial charge in [0.1, 0.15) is 11.2 Å². The highest BCUT2D eigenvalue weighted by Crippen LogP contribution is 2.42. The zero-order valence-electron chi connectivity index (χ0n) is 29.4. The summed E-state index contributed by atoms with van der Waals surface area (Å²) >= 11 is 0. The minimum Gasteiger partial charge on any atom is -0.455 e. The van der Waals surface area contributed by atoms with E-state index in [1.165, 1.54) is 10.8 Å². The molecule has 0 fully saturated rings. The number of hydrogen-bond acceptors (Lipinski definition) is 3. The second kappa shape index (κ2) is 11.8. The Morgan fingerprint density at radius 1 is 0.418 bits per heavy atom. The Kier molecular flexibility index (Phi) is 6.61. The van der Waals surface area contributed by atoms with Crippen molar-refractivity contribution >= 4 is 65.6 Å². The van der Waals surface area contributed by atoms with E-state index in [4.69, 9.17) is 4.42 Å². The van der Waals surface area contributed by atoms with Gasteiger partial charge in [0.15, 0.2) is 0 Å². The molecule has 11 rings (SSSR count). The molecule has 0 radical (unpaired) electrons. The van der Waals surface area contributed by atoms with Crippen molar-refractivity contribution in [3.05, 3.63) is 181 Å². The van der Waals surface area contributed by atoms with Crippen LogP contribution >= 0.6 is 0 Å². The van der Waals surface area contributed by atoms with Crippen LogP contribution < -0.4 is 0 Å². The van der Waals surface area contributed by atoms with Gasteiger partial charge in [-0.25, -0.2) is 0 Å². The predicted molar refractivity (Wildman–Crippen MR) is 223 cm³/mol. The third-order valence-corrected chi connectivity index (χ3v) is 11.0. The van der Waals surface area contributed by atoms with Gasteiger partial charge in [0.25, 0.3) is 0 Å². The quantitative estimate of drug-likeness (QED) is 0.183. The van der Waals surface area contributed by atoms with Crippen LogP contribution in [0.4, 0.5) is 0 Å². The molecule has 0 aliphatic heterocycles. The maximum absolute atomic E-state index is 10.7. The van der Waals surface area contributed by atoms with Crippen molar-refractivity contribution in [2.24, 2.45) is 0 Å². The lowest BCUT2D eigenvalue weighted by Crippen LogP contribution is -2.00. The molecule has 55 heavy (non-hydrogen) atoms. The van der Waals surface area contributed by atoms with E-state index < -0.39 is 0 Å². The molecule has 0 saturated carbocycles. The van der Waals surface area contributed by atoms with E-state index in [2.05, 4.69) is 137 Å². The molecule has 3 aromatic heterocycles. The van der Waals surface area contributed by atoms with Crippen LogP contribution in [0.25, 0.3) is 99.2 Å². The van der Waals surface area contributed by atoms with E-state index in [1.807, 2.05) is 48.5 Å². The summed E-state index contributed by atoms with van der Waals surface area (Å²) in [6, 6.07) is 63.0. The van der Waals surface area contributed by atoms with E-state index in [1.54, 1.807) is 6.07 Å². The number of nitriles is 2. The maximum atomic E-state index is 10.7. The number of furan rings is 1. The van der Waals surface area contributed by atoms with Gasteiger partial charge in [-0.2, -0.15) is 10.5 Å². The van der Waals surface area contributed by atoms with Crippen molar-refractivity contribution in [2.45, 2.75) is 0 Å². The summed E-state index contributed by atoms with van der Waals surface area (Å²) in [5, 5.41) is 26.9. The number of nitrogens with zero attached hydrogens (tertiary/aromatic N) is 4. The molecule has 254 valence electrons. The van der Waals surface area contributed by atoms with Crippen molar-refractivity contribution in [3.63, 3.8) is 0 Å². The molecule has 11 aromatic rings. The third kappa shape index (κ3) is 4.58. The van der Waals surface area contributed by atoms with E-state index in [-0.39, 0.29) is 0 Å². The first-order valence-electron chi connectivity index (χ1n) is 18.2. The fourth-order valence-electron chi connectivity index (χ4n) is 8.56. The second-order valence-corrected chi connectivity index (χ2v) is 14.0. The van der Waals surface area contributed by atoms with Crippen molar-refractivity contribution in [1.82, 2.24) is 9.13 Å². The Hall–Kier alpha value is -7.86. The van der Waals surface area contributed by atoms with Gasteiger partial charge < -0.3 is 13.6 Å². The molecule has 0 atom stereocenters. The Labute approximate surface area is 315 Å². The summed E-state index contributed by atoms with van der Waals surface area (Å²) in [5.74, 6) is 0. The van der Waals surface area contributed by atoms with E-state index in [0.29, 0.717) is 11.1 Å². The summed E-state index contributed by atoms with van der Waals surface area (Å²) < 4.78 is 11.3. The molecule has 0 N–H and O–H groups in total. The van der Waals surface area contributed by atoms with Crippen molar-refractivity contribution in [2.75, 3.05) is 0 Å². The summed E-state index contributed by atoms with van der Waals surface area (Å²) in [5.41, 5.74) is 12.6. The fourth-order valence-corrected chi connectivity index (χ4v) is 8.56. The van der Waals surface area contributed by atoms with Crippen LogP contribution in [-0.4, -0.2) is 9.13 Å². The largest absolute Gasteiger partial charge is 0.455 e. The van der Waals surface area contributed by atoms with Gasteiger partial charge in [-0.15, -0.1) is 0 Å². The van der Waals surface area contributed by atoms with Crippen LogP contribution in [0.15, 0.2) is 174 Å². The van der Waals surface area contributed by atoms with Crippen LogP contribution in [-0.2, 0) is 0 Å². The van der Waals surface area contributed by atoms with E-state index >= 15 is 0 Å². The number of rotatable bonds is 4. The Morgan fingerprint density at radius 2 is 1.04 bits per heavy atom. The number of fused-ring (bicyclic) bond motifs is 10. The number of hydrogen-bond donors (Lipinski definition) is 0. The molecule has 5 nitrogen and oxygen atoms in total. The lowest BCUT2D eigenvalue weighted by atomic mass is 9.94. The van der Waals surface area contributed by atoms with Gasteiger partial charge in [-0.3, -0.25) is 0 Å². The summed E-state index contributed by atoms with van der Waals surface area (Å²) in [6.07, 6.45) is 0. The van der Waals surface area contributed by atoms with Crippen LogP contribution in [0.3, 0.4) is 0 Å². The number of benzene rings is 8. The molecule has 0 amide bonds. The van der Waals surface area contributed by atoms with Crippen molar-refractivity contribution in [1.29, 1.82) is 10.5 Å². The van der Waals surface area contributed by atoms with E-state index in [0.717, 1.165) is 88.4 Å². The third-order valence-electron chi connectivity index (χ3n) is 11.0. The average Bonchev–Trinajstić information content (AvgIpc) is 3.91. The predicted octanol–water partition coefficient (Wildman–Crippen LogP) is 12.9. The molecule has 0 aliphatic rings. The molecule has 5 heteroatoms. The van der Waals surface area contributed by atoms with E-state index in [9.17, 15) is 10.5 Å². The van der Waals surface area contributed by atoms with Gasteiger partial charge in [-0.05, 0) is 95.1 Å². The molecular weight excluding hydrogens is 673 g/mol.